The molecule has 2 amide bonds. The van der Waals surface area contributed by atoms with Gasteiger partial charge in [0.05, 0.1) is 13.7 Å². The van der Waals surface area contributed by atoms with Crippen LogP contribution in [0.3, 0.4) is 0 Å². The minimum absolute atomic E-state index is 0.0606. The van der Waals surface area contributed by atoms with E-state index < -0.39 is 12.5 Å². The molecule has 0 bridgehead atoms. The first-order valence-corrected chi connectivity index (χ1v) is 11.7. The van der Waals surface area contributed by atoms with E-state index in [0.717, 1.165) is 5.56 Å². The van der Waals surface area contributed by atoms with Gasteiger partial charge in [-0.05, 0) is 49.9 Å². The van der Waals surface area contributed by atoms with E-state index in [1.165, 1.54) is 4.90 Å². The van der Waals surface area contributed by atoms with Crippen molar-refractivity contribution in [2.24, 2.45) is 11.8 Å². The predicted octanol–water partition coefficient (Wildman–Crippen LogP) is 4.70. The zero-order valence-electron chi connectivity index (χ0n) is 20.2. The Hall–Kier alpha value is -2.97. The van der Waals surface area contributed by atoms with Crippen LogP contribution in [0.15, 0.2) is 28.7 Å². The zero-order valence-corrected chi connectivity index (χ0v) is 20.2. The first kappa shape index (κ1) is 25.6. The van der Waals surface area contributed by atoms with Gasteiger partial charge in [0.1, 0.15) is 11.5 Å². The summed E-state index contributed by atoms with van der Waals surface area (Å²) in [5.41, 5.74) is 0.971. The Morgan fingerprint density at radius 2 is 1.94 bits per heavy atom. The summed E-state index contributed by atoms with van der Waals surface area (Å²) in [5.74, 6) is -2.04. The second kappa shape index (κ2) is 11.0. The summed E-state index contributed by atoms with van der Waals surface area (Å²) in [6.07, 6.45) is 1.70. The van der Waals surface area contributed by atoms with E-state index in [-0.39, 0.29) is 42.3 Å². The topological polar surface area (TPSA) is 84.7 Å². The van der Waals surface area contributed by atoms with Gasteiger partial charge in [-0.3, -0.25) is 9.59 Å². The lowest BCUT2D eigenvalue weighted by Gasteiger charge is -2.26. The fourth-order valence-corrected chi connectivity index (χ4v) is 4.14. The van der Waals surface area contributed by atoms with Crippen molar-refractivity contribution >= 4 is 11.8 Å². The summed E-state index contributed by atoms with van der Waals surface area (Å²) >= 11 is 0. The molecule has 1 unspecified atom stereocenters. The number of amides is 2. The van der Waals surface area contributed by atoms with Gasteiger partial charge in [-0.1, -0.05) is 20.3 Å². The second-order valence-electron chi connectivity index (χ2n) is 9.12. The number of carbonyl (C=O) groups is 2. The lowest BCUT2D eigenvalue weighted by molar-refractivity contribution is -0.137. The number of nitrogens with one attached hydrogen (secondary N) is 1. The summed E-state index contributed by atoms with van der Waals surface area (Å²) in [7, 11) is 1.59. The van der Waals surface area contributed by atoms with E-state index in [2.05, 4.69) is 10.3 Å². The molecule has 1 N–H and O–H groups in total. The number of oxazole rings is 1. The molecule has 0 spiro atoms. The van der Waals surface area contributed by atoms with Crippen molar-refractivity contribution < 1.29 is 27.5 Å². The number of rotatable bonds is 10. The maximum absolute atomic E-state index is 13.5. The molecule has 0 saturated carbocycles. The molecule has 3 rings (SSSR count). The van der Waals surface area contributed by atoms with E-state index in [1.807, 2.05) is 26.0 Å². The number of methoxy groups -OCH3 is 1. The third-order valence-corrected chi connectivity index (χ3v) is 6.18. The van der Waals surface area contributed by atoms with Crippen LogP contribution in [0, 0.1) is 18.8 Å². The highest BCUT2D eigenvalue weighted by Crippen LogP contribution is 2.30. The van der Waals surface area contributed by atoms with Gasteiger partial charge in [-0.25, -0.2) is 13.8 Å². The van der Waals surface area contributed by atoms with Crippen molar-refractivity contribution in [2.75, 3.05) is 26.7 Å². The van der Waals surface area contributed by atoms with Gasteiger partial charge >= 0.3 is 0 Å². The lowest BCUT2D eigenvalue weighted by Crippen LogP contribution is -2.38. The molecule has 9 heteroatoms. The van der Waals surface area contributed by atoms with Crippen LogP contribution in [0.2, 0.25) is 0 Å². The minimum Gasteiger partial charge on any atom is -0.497 e. The Balaban J connectivity index is 1.47. The molecular weight excluding hydrogens is 444 g/mol. The van der Waals surface area contributed by atoms with Crippen LogP contribution >= 0.6 is 0 Å². The van der Waals surface area contributed by atoms with E-state index in [9.17, 15) is 18.4 Å². The zero-order chi connectivity index (χ0) is 24.9. The number of aromatic nitrogens is 1. The molecule has 1 atom stereocenters. The molecule has 1 fully saturated rings. The number of ether oxygens (including phenoxy) is 1. The Morgan fingerprint density at radius 3 is 2.53 bits per heavy atom. The Labute approximate surface area is 198 Å². The van der Waals surface area contributed by atoms with Crippen molar-refractivity contribution in [1.29, 1.82) is 0 Å². The highest BCUT2D eigenvalue weighted by molar-refractivity contribution is 5.93. The second-order valence-corrected chi connectivity index (χ2v) is 9.12. The van der Waals surface area contributed by atoms with Crippen molar-refractivity contribution in [3.8, 4) is 17.2 Å². The molecule has 186 valence electrons. The van der Waals surface area contributed by atoms with Gasteiger partial charge in [0, 0.05) is 31.0 Å². The van der Waals surface area contributed by atoms with Crippen LogP contribution in [0.5, 0.6) is 5.75 Å². The van der Waals surface area contributed by atoms with Crippen molar-refractivity contribution in [1.82, 2.24) is 15.2 Å². The van der Waals surface area contributed by atoms with E-state index in [0.29, 0.717) is 43.2 Å². The fraction of sp³-hybridized carbons (Fsp3) is 0.560. The molecule has 2 aromatic rings. The molecule has 34 heavy (non-hydrogen) atoms. The molecule has 0 aliphatic carbocycles. The first-order chi connectivity index (χ1) is 16.1. The maximum atomic E-state index is 13.5. The highest BCUT2D eigenvalue weighted by atomic mass is 19.3. The predicted molar refractivity (Wildman–Crippen MR) is 124 cm³/mol. The number of hydrogen-bond acceptors (Lipinski definition) is 5. The summed E-state index contributed by atoms with van der Waals surface area (Å²) in [6.45, 7) is 5.61. The quantitative estimate of drug-likeness (QED) is 0.502. The monoisotopic (exact) mass is 477 g/mol. The number of hydrogen-bond donors (Lipinski definition) is 1. The van der Waals surface area contributed by atoms with Gasteiger partial charge in [0.15, 0.2) is 5.69 Å². The summed E-state index contributed by atoms with van der Waals surface area (Å²) < 4.78 is 37.8. The molecule has 1 aliphatic heterocycles. The highest BCUT2D eigenvalue weighted by Gasteiger charge is 2.42. The third kappa shape index (κ3) is 6.33. The third-order valence-electron chi connectivity index (χ3n) is 6.18. The number of carbonyl (C=O) groups excluding carboxylic acids is 2. The summed E-state index contributed by atoms with van der Waals surface area (Å²) in [5, 5.41) is 2.84. The number of aryl methyl sites for hydroxylation is 1. The molecule has 0 radical (unpaired) electrons. The molecular formula is C25H33F2N3O4. The number of alkyl halides is 2. The normalized spacial score (nSPS) is 16.0. The molecule has 1 aromatic carbocycles. The number of halogens is 2. The minimum atomic E-state index is -2.78. The standard InChI is InChI=1S/C25H33F2N3O4/c1-16(2)20(24(32)30-14-12-25(26,27)15-30)7-5-6-13-28-22(31)21-17(3)34-23(29-21)18-8-10-19(33-4)11-9-18/h8-11,16,20H,5-7,12-15H2,1-4H3,(H,28,31). The van der Waals surface area contributed by atoms with Crippen molar-refractivity contribution in [3.05, 3.63) is 35.7 Å². The summed E-state index contributed by atoms with van der Waals surface area (Å²) in [6, 6.07) is 7.20. The largest absolute Gasteiger partial charge is 0.497 e. The molecule has 1 saturated heterocycles. The molecule has 2 heterocycles. The number of likely N-dealkylation sites (tertiary alicyclic amines) is 1. The average Bonchev–Trinajstić information content (AvgIpc) is 3.37. The lowest BCUT2D eigenvalue weighted by atomic mass is 9.89. The molecule has 7 nitrogen and oxygen atoms in total. The van der Waals surface area contributed by atoms with Crippen LogP contribution in [-0.4, -0.2) is 54.4 Å². The number of unbranched alkanes of at least 4 members (excludes halogenated alkanes) is 1. The number of nitrogens with zero attached hydrogens (tertiary/aromatic N) is 2. The number of benzene rings is 1. The fourth-order valence-electron chi connectivity index (χ4n) is 4.14. The van der Waals surface area contributed by atoms with Gasteiger partial charge < -0.3 is 19.4 Å². The van der Waals surface area contributed by atoms with Gasteiger partial charge in [0.2, 0.25) is 11.8 Å². The smallest absolute Gasteiger partial charge is 0.273 e. The van der Waals surface area contributed by atoms with E-state index in [4.69, 9.17) is 9.15 Å². The van der Waals surface area contributed by atoms with Crippen molar-refractivity contribution in [3.63, 3.8) is 0 Å². The van der Waals surface area contributed by atoms with Crippen LogP contribution in [0.1, 0.15) is 55.8 Å². The van der Waals surface area contributed by atoms with E-state index >= 15 is 0 Å². The first-order valence-electron chi connectivity index (χ1n) is 11.7. The van der Waals surface area contributed by atoms with Crippen LogP contribution in [-0.2, 0) is 4.79 Å². The molecule has 1 aliphatic rings. The average molecular weight is 478 g/mol. The van der Waals surface area contributed by atoms with Gasteiger partial charge in [-0.2, -0.15) is 0 Å². The summed E-state index contributed by atoms with van der Waals surface area (Å²) in [4.78, 5) is 30.9. The SMILES string of the molecule is COc1ccc(-c2nc(C(=O)NCCCCC(C(=O)N3CCC(F)(F)C3)C(C)C)c(C)o2)cc1. The van der Waals surface area contributed by atoms with Crippen LogP contribution in [0.4, 0.5) is 8.78 Å². The molecule has 1 aromatic heterocycles. The Kier molecular flexibility index (Phi) is 8.28. The van der Waals surface area contributed by atoms with Gasteiger partial charge in [0.25, 0.3) is 11.8 Å². The maximum Gasteiger partial charge on any atom is 0.273 e. The Morgan fingerprint density at radius 1 is 1.24 bits per heavy atom. The van der Waals surface area contributed by atoms with Crippen molar-refractivity contribution in [2.45, 2.75) is 52.4 Å². The van der Waals surface area contributed by atoms with Crippen LogP contribution in [0.25, 0.3) is 11.5 Å². The van der Waals surface area contributed by atoms with Crippen LogP contribution < -0.4 is 10.1 Å². The Bertz CT molecular complexity index is 989. The van der Waals surface area contributed by atoms with E-state index in [1.54, 1.807) is 26.2 Å². The van der Waals surface area contributed by atoms with Gasteiger partial charge in [-0.15, -0.1) is 0 Å².